The van der Waals surface area contributed by atoms with Crippen LogP contribution in [0.25, 0.3) is 0 Å². The molecule has 0 aliphatic heterocycles. The number of nitrogens with two attached hydrogens (primary N) is 1. The van der Waals surface area contributed by atoms with Gasteiger partial charge in [-0.3, -0.25) is 4.79 Å². The average molecular weight is 276 g/mol. The number of anilines is 1. The summed E-state index contributed by atoms with van der Waals surface area (Å²) in [5.41, 5.74) is 6.22. The van der Waals surface area contributed by atoms with Crippen molar-refractivity contribution in [3.63, 3.8) is 0 Å². The fourth-order valence-electron chi connectivity index (χ4n) is 1.70. The highest BCUT2D eigenvalue weighted by Crippen LogP contribution is 2.33. The van der Waals surface area contributed by atoms with Gasteiger partial charge < -0.3 is 15.8 Å². The minimum absolute atomic E-state index is 0.171. The molecule has 1 saturated carbocycles. The van der Waals surface area contributed by atoms with Crippen LogP contribution in [0.15, 0.2) is 24.3 Å². The highest BCUT2D eigenvalue weighted by Gasteiger charge is 2.45. The lowest BCUT2D eigenvalue weighted by Gasteiger charge is -2.10. The zero-order valence-corrected chi connectivity index (χ0v) is 11.6. The van der Waals surface area contributed by atoms with Gasteiger partial charge in [-0.2, -0.15) is 0 Å². The third-order valence-electron chi connectivity index (χ3n) is 3.35. The van der Waals surface area contributed by atoms with Crippen LogP contribution in [-0.4, -0.2) is 24.0 Å². The molecule has 0 saturated heterocycles. The molecule has 0 radical (unpaired) electrons. The Morgan fingerprint density at radius 3 is 2.50 bits per heavy atom. The van der Waals surface area contributed by atoms with E-state index in [0.29, 0.717) is 17.9 Å². The Kier molecular flexibility index (Phi) is 4.39. The van der Waals surface area contributed by atoms with Gasteiger partial charge in [0.15, 0.2) is 0 Å². The van der Waals surface area contributed by atoms with E-state index in [-0.39, 0.29) is 11.9 Å². The predicted molar refractivity (Wildman–Crippen MR) is 76.4 cm³/mol. The van der Waals surface area contributed by atoms with Gasteiger partial charge in [-0.1, -0.05) is 13.3 Å². The maximum Gasteiger partial charge on any atom is 0.338 e. The van der Waals surface area contributed by atoms with Crippen molar-refractivity contribution in [2.24, 2.45) is 5.73 Å². The Morgan fingerprint density at radius 1 is 1.30 bits per heavy atom. The van der Waals surface area contributed by atoms with E-state index in [1.54, 1.807) is 24.3 Å². The first-order valence-electron chi connectivity index (χ1n) is 6.93. The first-order chi connectivity index (χ1) is 9.55. The van der Waals surface area contributed by atoms with E-state index in [9.17, 15) is 9.59 Å². The Labute approximate surface area is 118 Å². The molecular weight excluding hydrogens is 256 g/mol. The van der Waals surface area contributed by atoms with Crippen molar-refractivity contribution in [3.05, 3.63) is 29.8 Å². The van der Waals surface area contributed by atoms with Crippen molar-refractivity contribution in [1.82, 2.24) is 0 Å². The van der Waals surface area contributed by atoms with Gasteiger partial charge in [0, 0.05) is 5.69 Å². The van der Waals surface area contributed by atoms with Gasteiger partial charge in [-0.15, -0.1) is 0 Å². The van der Waals surface area contributed by atoms with E-state index in [2.05, 4.69) is 5.32 Å². The van der Waals surface area contributed by atoms with Crippen LogP contribution in [0, 0.1) is 0 Å². The fourth-order valence-corrected chi connectivity index (χ4v) is 1.70. The third kappa shape index (κ3) is 3.57. The molecule has 1 aliphatic carbocycles. The molecule has 0 unspecified atom stereocenters. The lowest BCUT2D eigenvalue weighted by atomic mass is 10.2. The Hall–Kier alpha value is -1.88. The van der Waals surface area contributed by atoms with Crippen LogP contribution < -0.4 is 11.1 Å². The van der Waals surface area contributed by atoms with Crippen LogP contribution >= 0.6 is 0 Å². The van der Waals surface area contributed by atoms with Crippen molar-refractivity contribution >= 4 is 17.6 Å². The molecule has 0 bridgehead atoms. The number of nitrogens with one attached hydrogen (secondary N) is 1. The molecule has 1 aliphatic rings. The number of esters is 1. The molecule has 0 spiro atoms. The minimum Gasteiger partial charge on any atom is -0.462 e. The van der Waals surface area contributed by atoms with Crippen LogP contribution in [0.5, 0.6) is 0 Å². The molecule has 0 aromatic heterocycles. The van der Waals surface area contributed by atoms with Crippen molar-refractivity contribution in [3.8, 4) is 0 Å². The second-order valence-electron chi connectivity index (χ2n) is 5.18. The Morgan fingerprint density at radius 2 is 1.95 bits per heavy atom. The number of benzene rings is 1. The summed E-state index contributed by atoms with van der Waals surface area (Å²) in [6.45, 7) is 2.47. The summed E-state index contributed by atoms with van der Waals surface area (Å²) in [5.74, 6) is -0.510. The number of hydrogen-bond acceptors (Lipinski definition) is 4. The topological polar surface area (TPSA) is 81.4 Å². The van der Waals surface area contributed by atoms with Crippen LogP contribution in [0.1, 0.15) is 43.0 Å². The number of hydrogen-bond donors (Lipinski definition) is 2. The largest absolute Gasteiger partial charge is 0.462 e. The monoisotopic (exact) mass is 276 g/mol. The van der Waals surface area contributed by atoms with Crippen molar-refractivity contribution in [2.45, 2.75) is 38.1 Å². The number of carbonyl (C=O) groups excluding carboxylic acids is 2. The van der Waals surface area contributed by atoms with Crippen LogP contribution in [0.4, 0.5) is 5.69 Å². The standard InChI is InChI=1S/C15H20N2O3/c1-2-3-10-20-13(18)11-4-6-12(7-5-11)17-14(19)15(16)8-9-15/h4-7H,2-3,8-10,16H2,1H3,(H,17,19). The minimum atomic E-state index is -0.697. The molecule has 3 N–H and O–H groups in total. The van der Waals surface area contributed by atoms with Gasteiger partial charge >= 0.3 is 5.97 Å². The molecule has 20 heavy (non-hydrogen) atoms. The maximum atomic E-state index is 11.8. The molecule has 5 heteroatoms. The molecule has 0 heterocycles. The van der Waals surface area contributed by atoms with Gasteiger partial charge in [0.1, 0.15) is 0 Å². The molecular formula is C15H20N2O3. The summed E-state index contributed by atoms with van der Waals surface area (Å²) in [7, 11) is 0. The summed E-state index contributed by atoms with van der Waals surface area (Å²) < 4.78 is 5.11. The van der Waals surface area contributed by atoms with Crippen molar-refractivity contribution in [2.75, 3.05) is 11.9 Å². The highest BCUT2D eigenvalue weighted by molar-refractivity contribution is 6.00. The highest BCUT2D eigenvalue weighted by atomic mass is 16.5. The number of rotatable bonds is 6. The molecule has 1 aromatic carbocycles. The normalized spacial score (nSPS) is 15.5. The van der Waals surface area contributed by atoms with E-state index in [4.69, 9.17) is 10.5 Å². The number of ether oxygens (including phenoxy) is 1. The van der Waals surface area contributed by atoms with Gasteiger partial charge in [-0.05, 0) is 43.5 Å². The smallest absolute Gasteiger partial charge is 0.338 e. The van der Waals surface area contributed by atoms with Gasteiger partial charge in [-0.25, -0.2) is 4.79 Å². The lowest BCUT2D eigenvalue weighted by molar-refractivity contribution is -0.118. The van der Waals surface area contributed by atoms with Gasteiger partial charge in [0.2, 0.25) is 5.91 Å². The van der Waals surface area contributed by atoms with Crippen molar-refractivity contribution < 1.29 is 14.3 Å². The number of amides is 1. The van der Waals surface area contributed by atoms with E-state index >= 15 is 0 Å². The summed E-state index contributed by atoms with van der Waals surface area (Å²) in [6.07, 6.45) is 3.29. The van der Waals surface area contributed by atoms with Gasteiger partial charge in [0.05, 0.1) is 17.7 Å². The maximum absolute atomic E-state index is 11.8. The predicted octanol–water partition coefficient (Wildman–Crippen LogP) is 2.07. The molecule has 1 amide bonds. The molecule has 5 nitrogen and oxygen atoms in total. The summed E-state index contributed by atoms with van der Waals surface area (Å²) in [5, 5.41) is 2.75. The molecule has 108 valence electrons. The molecule has 1 fully saturated rings. The molecule has 2 rings (SSSR count). The average Bonchev–Trinajstić information content (AvgIpc) is 3.19. The first kappa shape index (κ1) is 14.5. The third-order valence-corrected chi connectivity index (χ3v) is 3.35. The summed E-state index contributed by atoms with van der Waals surface area (Å²) in [6, 6.07) is 6.64. The quantitative estimate of drug-likeness (QED) is 0.615. The second kappa shape index (κ2) is 6.05. The Balaban J connectivity index is 1.89. The number of carbonyl (C=O) groups is 2. The van der Waals surface area contributed by atoms with Crippen LogP contribution in [0.3, 0.4) is 0 Å². The molecule has 1 aromatic rings. The summed E-state index contributed by atoms with van der Waals surface area (Å²) in [4.78, 5) is 23.5. The molecule has 0 atom stereocenters. The Bertz CT molecular complexity index is 492. The van der Waals surface area contributed by atoms with E-state index < -0.39 is 5.54 Å². The van der Waals surface area contributed by atoms with E-state index in [1.165, 1.54) is 0 Å². The zero-order valence-electron chi connectivity index (χ0n) is 11.6. The van der Waals surface area contributed by atoms with Crippen LogP contribution in [-0.2, 0) is 9.53 Å². The first-order valence-corrected chi connectivity index (χ1v) is 6.93. The summed E-state index contributed by atoms with van der Waals surface area (Å²) >= 11 is 0. The zero-order chi connectivity index (χ0) is 14.6. The second-order valence-corrected chi connectivity index (χ2v) is 5.18. The lowest BCUT2D eigenvalue weighted by Crippen LogP contribution is -2.37. The van der Waals surface area contributed by atoms with Gasteiger partial charge in [0.25, 0.3) is 0 Å². The van der Waals surface area contributed by atoms with E-state index in [0.717, 1.165) is 25.7 Å². The van der Waals surface area contributed by atoms with Crippen LogP contribution in [0.2, 0.25) is 0 Å². The number of unbranched alkanes of at least 4 members (excludes halogenated alkanes) is 1. The SMILES string of the molecule is CCCCOC(=O)c1ccc(NC(=O)C2(N)CC2)cc1. The fraction of sp³-hybridized carbons (Fsp3) is 0.467. The van der Waals surface area contributed by atoms with Crippen molar-refractivity contribution in [1.29, 1.82) is 0 Å². The van der Waals surface area contributed by atoms with E-state index in [1.807, 2.05) is 6.92 Å².